The lowest BCUT2D eigenvalue weighted by molar-refractivity contribution is -0.153. The molecule has 0 spiro atoms. The zero-order valence-corrected chi connectivity index (χ0v) is 9.26. The fraction of sp³-hybridized carbons (Fsp3) is 0.500. The zero-order chi connectivity index (χ0) is 10.9. The van der Waals surface area contributed by atoms with E-state index in [0.29, 0.717) is 4.88 Å². The van der Waals surface area contributed by atoms with Crippen molar-refractivity contribution in [1.82, 2.24) is 0 Å². The van der Waals surface area contributed by atoms with E-state index < -0.39 is 17.5 Å². The molecule has 78 valence electrons. The van der Waals surface area contributed by atoms with Gasteiger partial charge in [0.15, 0.2) is 0 Å². The molecule has 1 aromatic rings. The van der Waals surface area contributed by atoms with Gasteiger partial charge < -0.3 is 10.2 Å². The van der Waals surface area contributed by atoms with E-state index in [4.69, 9.17) is 5.11 Å². The van der Waals surface area contributed by atoms with Crippen LogP contribution in [0.1, 0.15) is 29.7 Å². The highest BCUT2D eigenvalue weighted by molar-refractivity contribution is 7.12. The summed E-state index contributed by atoms with van der Waals surface area (Å²) in [6, 6.07) is 3.65. The second-order valence-electron chi connectivity index (χ2n) is 3.88. The van der Waals surface area contributed by atoms with Crippen molar-refractivity contribution in [3.63, 3.8) is 0 Å². The van der Waals surface area contributed by atoms with Gasteiger partial charge in [-0.3, -0.25) is 4.79 Å². The third-order valence-corrected chi connectivity index (χ3v) is 3.32. The SMILES string of the molecule is Cc1ccc(C(O)C(C)(C)C(=O)O)s1. The van der Waals surface area contributed by atoms with Gasteiger partial charge in [-0.1, -0.05) is 0 Å². The number of hydrogen-bond acceptors (Lipinski definition) is 3. The molecular formula is C10H14O3S. The van der Waals surface area contributed by atoms with Crippen molar-refractivity contribution < 1.29 is 15.0 Å². The molecule has 1 heterocycles. The van der Waals surface area contributed by atoms with E-state index in [1.54, 1.807) is 6.07 Å². The van der Waals surface area contributed by atoms with E-state index >= 15 is 0 Å². The maximum absolute atomic E-state index is 10.9. The average molecular weight is 214 g/mol. The molecule has 0 bridgehead atoms. The first-order valence-electron chi connectivity index (χ1n) is 4.33. The monoisotopic (exact) mass is 214 g/mol. The molecule has 0 aliphatic rings. The van der Waals surface area contributed by atoms with Crippen LogP contribution in [0.15, 0.2) is 12.1 Å². The largest absolute Gasteiger partial charge is 0.481 e. The summed E-state index contributed by atoms with van der Waals surface area (Å²) < 4.78 is 0. The van der Waals surface area contributed by atoms with Gasteiger partial charge in [0.25, 0.3) is 0 Å². The molecule has 1 aromatic heterocycles. The second-order valence-corrected chi connectivity index (χ2v) is 5.20. The Hall–Kier alpha value is -0.870. The van der Waals surface area contributed by atoms with Gasteiger partial charge in [-0.05, 0) is 32.9 Å². The predicted octanol–water partition coefficient (Wildman–Crippen LogP) is 2.20. The Labute approximate surface area is 87.0 Å². The maximum Gasteiger partial charge on any atom is 0.312 e. The number of rotatable bonds is 3. The number of aryl methyl sites for hydroxylation is 1. The smallest absolute Gasteiger partial charge is 0.312 e. The second kappa shape index (κ2) is 3.71. The molecule has 0 aliphatic heterocycles. The fourth-order valence-corrected chi connectivity index (χ4v) is 2.12. The topological polar surface area (TPSA) is 57.5 Å². The van der Waals surface area contributed by atoms with Crippen molar-refractivity contribution in [3.8, 4) is 0 Å². The van der Waals surface area contributed by atoms with E-state index in [1.165, 1.54) is 25.2 Å². The van der Waals surface area contributed by atoms with Crippen molar-refractivity contribution in [2.45, 2.75) is 26.9 Å². The third kappa shape index (κ3) is 1.96. The highest BCUT2D eigenvalue weighted by Gasteiger charge is 2.37. The van der Waals surface area contributed by atoms with Crippen molar-refractivity contribution in [3.05, 3.63) is 21.9 Å². The zero-order valence-electron chi connectivity index (χ0n) is 8.44. The standard InChI is InChI=1S/C10H14O3S/c1-6-4-5-7(14-6)8(11)10(2,3)9(12)13/h4-5,8,11H,1-3H3,(H,12,13). The Kier molecular flexibility index (Phi) is 2.97. The lowest BCUT2D eigenvalue weighted by Crippen LogP contribution is -2.30. The molecule has 0 fully saturated rings. The van der Waals surface area contributed by atoms with Crippen molar-refractivity contribution in [1.29, 1.82) is 0 Å². The number of thiophene rings is 1. The van der Waals surface area contributed by atoms with Gasteiger partial charge in [-0.2, -0.15) is 0 Å². The van der Waals surface area contributed by atoms with Crippen molar-refractivity contribution >= 4 is 17.3 Å². The van der Waals surface area contributed by atoms with Crippen molar-refractivity contribution in [2.75, 3.05) is 0 Å². The lowest BCUT2D eigenvalue weighted by atomic mass is 9.86. The van der Waals surface area contributed by atoms with Crippen LogP contribution in [0.4, 0.5) is 0 Å². The van der Waals surface area contributed by atoms with Gasteiger partial charge in [0.1, 0.15) is 6.10 Å². The fourth-order valence-electron chi connectivity index (χ4n) is 1.07. The molecule has 1 rings (SSSR count). The molecule has 0 saturated carbocycles. The van der Waals surface area contributed by atoms with Gasteiger partial charge >= 0.3 is 5.97 Å². The molecule has 0 aromatic carbocycles. The summed E-state index contributed by atoms with van der Waals surface area (Å²) in [5, 5.41) is 18.8. The Bertz CT molecular complexity index is 341. The Morgan fingerprint density at radius 3 is 2.43 bits per heavy atom. The molecule has 3 nitrogen and oxygen atoms in total. The summed E-state index contributed by atoms with van der Waals surface area (Å²) >= 11 is 1.43. The minimum absolute atomic E-state index is 0.704. The summed E-state index contributed by atoms with van der Waals surface area (Å²) in [6.07, 6.45) is -0.946. The Balaban J connectivity index is 2.95. The molecular weight excluding hydrogens is 200 g/mol. The van der Waals surface area contributed by atoms with E-state index in [-0.39, 0.29) is 0 Å². The quantitative estimate of drug-likeness (QED) is 0.811. The molecule has 4 heteroatoms. The first kappa shape index (κ1) is 11.2. The van der Waals surface area contributed by atoms with Crippen molar-refractivity contribution in [2.24, 2.45) is 5.41 Å². The number of hydrogen-bond donors (Lipinski definition) is 2. The highest BCUT2D eigenvalue weighted by atomic mass is 32.1. The molecule has 0 amide bonds. The summed E-state index contributed by atoms with van der Waals surface area (Å²) in [4.78, 5) is 12.7. The van der Waals surface area contributed by atoms with Crippen LogP contribution in [-0.2, 0) is 4.79 Å². The van der Waals surface area contributed by atoms with Crippen LogP contribution < -0.4 is 0 Å². The highest BCUT2D eigenvalue weighted by Crippen LogP contribution is 2.36. The first-order chi connectivity index (χ1) is 6.35. The summed E-state index contributed by atoms with van der Waals surface area (Å²) in [5.74, 6) is -0.990. The summed E-state index contributed by atoms with van der Waals surface area (Å²) in [7, 11) is 0. The minimum Gasteiger partial charge on any atom is -0.481 e. The van der Waals surface area contributed by atoms with Crippen LogP contribution in [0.2, 0.25) is 0 Å². The molecule has 2 N–H and O–H groups in total. The molecule has 14 heavy (non-hydrogen) atoms. The molecule has 0 aliphatic carbocycles. The molecule has 0 saturated heterocycles. The number of aliphatic hydroxyl groups excluding tert-OH is 1. The Morgan fingerprint density at radius 1 is 1.50 bits per heavy atom. The van der Waals surface area contributed by atoms with Gasteiger partial charge in [-0.15, -0.1) is 11.3 Å². The van der Waals surface area contributed by atoms with E-state index in [9.17, 15) is 9.90 Å². The normalized spacial score (nSPS) is 14.0. The van der Waals surface area contributed by atoms with E-state index in [0.717, 1.165) is 4.88 Å². The van der Waals surface area contributed by atoms with Crippen LogP contribution in [0.5, 0.6) is 0 Å². The molecule has 1 atom stereocenters. The van der Waals surface area contributed by atoms with Crippen LogP contribution in [0.3, 0.4) is 0 Å². The number of carboxylic acid groups (broad SMARTS) is 1. The van der Waals surface area contributed by atoms with E-state index in [1.807, 2.05) is 13.0 Å². The molecule has 1 unspecified atom stereocenters. The van der Waals surface area contributed by atoms with Gasteiger partial charge in [-0.25, -0.2) is 0 Å². The number of carbonyl (C=O) groups is 1. The third-order valence-electron chi connectivity index (χ3n) is 2.27. The van der Waals surface area contributed by atoms with Gasteiger partial charge in [0.05, 0.1) is 5.41 Å². The number of carboxylic acids is 1. The lowest BCUT2D eigenvalue weighted by Gasteiger charge is -2.24. The van der Waals surface area contributed by atoms with Gasteiger partial charge in [0, 0.05) is 9.75 Å². The average Bonchev–Trinajstić information content (AvgIpc) is 2.50. The number of aliphatic carboxylic acids is 1. The first-order valence-corrected chi connectivity index (χ1v) is 5.15. The van der Waals surface area contributed by atoms with Crippen LogP contribution in [-0.4, -0.2) is 16.2 Å². The van der Waals surface area contributed by atoms with E-state index in [2.05, 4.69) is 0 Å². The number of aliphatic hydroxyl groups is 1. The minimum atomic E-state index is -1.14. The van der Waals surface area contributed by atoms with Crippen LogP contribution >= 0.6 is 11.3 Å². The summed E-state index contributed by atoms with van der Waals surface area (Å²) in [6.45, 7) is 4.97. The van der Waals surface area contributed by atoms with Crippen LogP contribution in [0, 0.1) is 12.3 Å². The summed E-state index contributed by atoms with van der Waals surface area (Å²) in [5.41, 5.74) is -1.14. The van der Waals surface area contributed by atoms with Gasteiger partial charge in [0.2, 0.25) is 0 Å². The predicted molar refractivity (Wildman–Crippen MR) is 55.4 cm³/mol. The Morgan fingerprint density at radius 2 is 2.07 bits per heavy atom. The molecule has 0 radical (unpaired) electrons. The van der Waals surface area contributed by atoms with Crippen LogP contribution in [0.25, 0.3) is 0 Å². The maximum atomic E-state index is 10.9.